The van der Waals surface area contributed by atoms with Crippen LogP contribution in [-0.4, -0.2) is 56.0 Å². The van der Waals surface area contributed by atoms with Crippen LogP contribution in [0.25, 0.3) is 11.7 Å². The average Bonchev–Trinajstić information content (AvgIpc) is 3.41. The second-order valence-corrected chi connectivity index (χ2v) is 6.98. The van der Waals surface area contributed by atoms with Gasteiger partial charge in [-0.15, -0.1) is 10.2 Å². The van der Waals surface area contributed by atoms with Crippen molar-refractivity contribution in [1.29, 1.82) is 0 Å². The lowest BCUT2D eigenvalue weighted by molar-refractivity contribution is -0.886. The standard InChI is InChI=1S/C20H23N5O4/c1-24(14-19-22-23-20(29-19)17-3-2-10-28-17)13-18(26)21-15-4-6-16(7-5-15)25-8-11-27-12-9-25/h2-7,10H,8-9,11-14H2,1H3,(H,21,26)/p+1. The smallest absolute Gasteiger partial charge is 0.283 e. The van der Waals surface area contributed by atoms with E-state index >= 15 is 0 Å². The number of benzene rings is 1. The van der Waals surface area contributed by atoms with Crippen LogP contribution in [-0.2, 0) is 16.1 Å². The Morgan fingerprint density at radius 2 is 1.97 bits per heavy atom. The van der Waals surface area contributed by atoms with Gasteiger partial charge in [-0.2, -0.15) is 0 Å². The van der Waals surface area contributed by atoms with Crippen molar-refractivity contribution in [2.75, 3.05) is 50.1 Å². The Bertz CT molecular complexity index is 917. The zero-order chi connectivity index (χ0) is 20.1. The highest BCUT2D eigenvalue weighted by Crippen LogP contribution is 2.19. The van der Waals surface area contributed by atoms with E-state index in [0.717, 1.165) is 42.6 Å². The summed E-state index contributed by atoms with van der Waals surface area (Å²) in [4.78, 5) is 15.6. The number of amides is 1. The molecule has 1 atom stereocenters. The predicted octanol–water partition coefficient (Wildman–Crippen LogP) is 0.820. The lowest BCUT2D eigenvalue weighted by atomic mass is 10.2. The van der Waals surface area contributed by atoms with E-state index in [1.54, 1.807) is 18.4 Å². The Kier molecular flexibility index (Phi) is 5.87. The molecule has 1 aliphatic rings. The zero-order valence-electron chi connectivity index (χ0n) is 16.3. The Morgan fingerprint density at radius 1 is 1.17 bits per heavy atom. The van der Waals surface area contributed by atoms with E-state index in [4.69, 9.17) is 13.6 Å². The Morgan fingerprint density at radius 3 is 2.69 bits per heavy atom. The molecule has 0 saturated carbocycles. The summed E-state index contributed by atoms with van der Waals surface area (Å²) in [6.45, 7) is 3.99. The molecule has 9 nitrogen and oxygen atoms in total. The molecule has 0 aliphatic carbocycles. The third kappa shape index (κ3) is 5.01. The van der Waals surface area contributed by atoms with Crippen molar-refractivity contribution in [2.24, 2.45) is 0 Å². The van der Waals surface area contributed by atoms with E-state index in [0.29, 0.717) is 24.1 Å². The summed E-state index contributed by atoms with van der Waals surface area (Å²) in [5, 5.41) is 10.9. The Labute approximate surface area is 168 Å². The highest BCUT2D eigenvalue weighted by atomic mass is 16.5. The van der Waals surface area contributed by atoms with Crippen LogP contribution in [0.4, 0.5) is 11.4 Å². The number of morpholine rings is 1. The summed E-state index contributed by atoms with van der Waals surface area (Å²) in [6.07, 6.45) is 1.55. The fraction of sp³-hybridized carbons (Fsp3) is 0.350. The van der Waals surface area contributed by atoms with Gasteiger partial charge in [-0.05, 0) is 36.4 Å². The van der Waals surface area contributed by atoms with E-state index < -0.39 is 0 Å². The highest BCUT2D eigenvalue weighted by Gasteiger charge is 2.17. The number of nitrogens with one attached hydrogen (secondary N) is 2. The minimum Gasteiger partial charge on any atom is -0.459 e. The topological polar surface area (TPSA) is 98.1 Å². The number of carbonyl (C=O) groups is 1. The molecular formula is C20H24N5O4+. The van der Waals surface area contributed by atoms with Gasteiger partial charge in [-0.1, -0.05) is 0 Å². The normalized spacial score (nSPS) is 15.3. The molecule has 4 rings (SSSR count). The highest BCUT2D eigenvalue weighted by molar-refractivity contribution is 5.91. The van der Waals surface area contributed by atoms with E-state index in [-0.39, 0.29) is 12.5 Å². The van der Waals surface area contributed by atoms with Crippen LogP contribution in [0, 0.1) is 0 Å². The third-order valence-corrected chi connectivity index (χ3v) is 4.64. The lowest BCUT2D eigenvalue weighted by Crippen LogP contribution is -3.08. The number of carbonyl (C=O) groups excluding carboxylic acids is 1. The summed E-state index contributed by atoms with van der Waals surface area (Å²) >= 11 is 0. The number of anilines is 2. The van der Waals surface area contributed by atoms with Gasteiger partial charge in [-0.25, -0.2) is 0 Å². The molecule has 3 heterocycles. The third-order valence-electron chi connectivity index (χ3n) is 4.64. The maximum absolute atomic E-state index is 12.4. The number of quaternary nitrogens is 1. The maximum Gasteiger partial charge on any atom is 0.283 e. The van der Waals surface area contributed by atoms with Crippen molar-refractivity contribution >= 4 is 17.3 Å². The second-order valence-electron chi connectivity index (χ2n) is 6.98. The van der Waals surface area contributed by atoms with E-state index in [1.807, 2.05) is 31.3 Å². The molecule has 152 valence electrons. The Hall–Kier alpha value is -3.17. The number of hydrogen-bond donors (Lipinski definition) is 2. The van der Waals surface area contributed by atoms with Crippen molar-refractivity contribution in [3.63, 3.8) is 0 Å². The van der Waals surface area contributed by atoms with Crippen LogP contribution in [0.1, 0.15) is 5.89 Å². The summed E-state index contributed by atoms with van der Waals surface area (Å²) in [7, 11) is 1.90. The van der Waals surface area contributed by atoms with Crippen molar-refractivity contribution in [2.45, 2.75) is 6.54 Å². The quantitative estimate of drug-likeness (QED) is 0.608. The molecule has 1 saturated heterocycles. The molecular weight excluding hydrogens is 374 g/mol. The zero-order valence-corrected chi connectivity index (χ0v) is 16.3. The van der Waals surface area contributed by atoms with Gasteiger partial charge in [0.15, 0.2) is 18.8 Å². The molecule has 1 fully saturated rings. The molecule has 9 heteroatoms. The summed E-state index contributed by atoms with van der Waals surface area (Å²) in [5.74, 6) is 1.24. The van der Waals surface area contributed by atoms with Gasteiger partial charge in [0.05, 0.1) is 26.5 Å². The monoisotopic (exact) mass is 398 g/mol. The van der Waals surface area contributed by atoms with Crippen LogP contribution in [0.5, 0.6) is 0 Å². The summed E-state index contributed by atoms with van der Waals surface area (Å²) < 4.78 is 16.2. The van der Waals surface area contributed by atoms with Gasteiger partial charge in [0, 0.05) is 24.5 Å². The van der Waals surface area contributed by atoms with Gasteiger partial charge in [0.2, 0.25) is 0 Å². The molecule has 2 aromatic heterocycles. The van der Waals surface area contributed by atoms with E-state index in [9.17, 15) is 4.79 Å². The summed E-state index contributed by atoms with van der Waals surface area (Å²) in [5.41, 5.74) is 1.91. The molecule has 1 aliphatic heterocycles. The fourth-order valence-electron chi connectivity index (χ4n) is 3.20. The van der Waals surface area contributed by atoms with Crippen molar-refractivity contribution in [3.8, 4) is 11.7 Å². The number of rotatable bonds is 7. The van der Waals surface area contributed by atoms with Crippen LogP contribution >= 0.6 is 0 Å². The van der Waals surface area contributed by atoms with Crippen molar-refractivity contribution in [1.82, 2.24) is 10.2 Å². The number of nitrogens with zero attached hydrogens (tertiary/aromatic N) is 3. The van der Waals surface area contributed by atoms with Crippen LogP contribution in [0.15, 0.2) is 51.5 Å². The van der Waals surface area contributed by atoms with Crippen LogP contribution in [0.2, 0.25) is 0 Å². The van der Waals surface area contributed by atoms with Crippen molar-refractivity contribution in [3.05, 3.63) is 48.6 Å². The minimum atomic E-state index is -0.0765. The number of furan rings is 1. The van der Waals surface area contributed by atoms with Gasteiger partial charge < -0.3 is 28.7 Å². The second kappa shape index (κ2) is 8.89. The van der Waals surface area contributed by atoms with E-state index in [1.165, 1.54) is 0 Å². The molecule has 0 bridgehead atoms. The molecule has 29 heavy (non-hydrogen) atoms. The molecule has 0 spiro atoms. The Balaban J connectivity index is 1.26. The van der Waals surface area contributed by atoms with Gasteiger partial charge in [0.1, 0.15) is 0 Å². The van der Waals surface area contributed by atoms with Gasteiger partial charge >= 0.3 is 0 Å². The first-order valence-corrected chi connectivity index (χ1v) is 9.57. The van der Waals surface area contributed by atoms with Crippen molar-refractivity contribution < 1.29 is 23.3 Å². The first kappa shape index (κ1) is 19.2. The molecule has 3 aromatic rings. The number of ether oxygens (including phenoxy) is 1. The first-order chi connectivity index (χ1) is 14.2. The first-order valence-electron chi connectivity index (χ1n) is 9.57. The average molecular weight is 398 g/mol. The van der Waals surface area contributed by atoms with E-state index in [2.05, 4.69) is 20.4 Å². The number of hydrogen-bond acceptors (Lipinski definition) is 7. The molecule has 1 unspecified atom stereocenters. The lowest BCUT2D eigenvalue weighted by Gasteiger charge is -2.28. The fourth-order valence-corrected chi connectivity index (χ4v) is 3.20. The van der Waals surface area contributed by atoms with Gasteiger partial charge in [-0.3, -0.25) is 4.79 Å². The molecule has 1 amide bonds. The molecule has 1 aromatic carbocycles. The molecule has 0 radical (unpaired) electrons. The number of likely N-dealkylation sites (N-methyl/N-ethyl adjacent to an activating group) is 1. The van der Waals surface area contributed by atoms with Gasteiger partial charge in [0.25, 0.3) is 17.7 Å². The van der Waals surface area contributed by atoms with Crippen LogP contribution in [0.3, 0.4) is 0 Å². The summed E-state index contributed by atoms with van der Waals surface area (Å²) in [6, 6.07) is 11.4. The van der Waals surface area contributed by atoms with Crippen LogP contribution < -0.4 is 15.1 Å². The largest absolute Gasteiger partial charge is 0.459 e. The number of aromatic nitrogens is 2. The molecule has 2 N–H and O–H groups in total. The minimum absolute atomic E-state index is 0.0765. The predicted molar refractivity (Wildman–Crippen MR) is 106 cm³/mol. The maximum atomic E-state index is 12.4. The SMILES string of the molecule is C[NH+](CC(=O)Nc1ccc(N2CCOCC2)cc1)Cc1nnc(-c2ccco2)o1.